The summed E-state index contributed by atoms with van der Waals surface area (Å²) >= 11 is 0. The van der Waals surface area contributed by atoms with Gasteiger partial charge in [0.15, 0.2) is 0 Å². The summed E-state index contributed by atoms with van der Waals surface area (Å²) in [6, 6.07) is -1.95. The highest BCUT2D eigenvalue weighted by Crippen LogP contribution is 2.10. The number of rotatable bonds is 9. The number of hydrogen-bond acceptors (Lipinski definition) is 5. The van der Waals surface area contributed by atoms with E-state index in [4.69, 9.17) is 15.7 Å². The largest absolute Gasteiger partial charge is 0.527 e. The van der Waals surface area contributed by atoms with Crippen LogP contribution in [-0.2, 0) is 18.9 Å². The van der Waals surface area contributed by atoms with E-state index < -0.39 is 44.2 Å². The lowest BCUT2D eigenvalue weighted by atomic mass is 10.0. The van der Waals surface area contributed by atoms with Gasteiger partial charge in [0.25, 0.3) is 0 Å². The smallest absolute Gasteiger partial charge is 0.481 e. The molecule has 2 amide bonds. The number of hydrogen-bond donors (Lipinski definition) is 5. The van der Waals surface area contributed by atoms with Crippen molar-refractivity contribution in [2.75, 3.05) is 6.29 Å². The van der Waals surface area contributed by atoms with Crippen LogP contribution in [0.5, 0.6) is 0 Å². The Kier molecular flexibility index (Phi) is 8.68. The van der Waals surface area contributed by atoms with Crippen LogP contribution >= 0.6 is 8.03 Å². The van der Waals surface area contributed by atoms with Crippen molar-refractivity contribution in [3.63, 3.8) is 0 Å². The highest BCUT2D eigenvalue weighted by molar-refractivity contribution is 7.37. The van der Waals surface area contributed by atoms with Crippen LogP contribution in [0.25, 0.3) is 0 Å². The van der Waals surface area contributed by atoms with E-state index in [0.29, 0.717) is 0 Å². The predicted molar refractivity (Wildman–Crippen MR) is 74.4 cm³/mol. The molecule has 0 fully saturated rings. The molecule has 10 heteroatoms. The van der Waals surface area contributed by atoms with Gasteiger partial charge in [-0.1, -0.05) is 13.8 Å². The van der Waals surface area contributed by atoms with Crippen molar-refractivity contribution in [1.82, 2.24) is 10.6 Å². The fourth-order valence-electron chi connectivity index (χ4n) is 1.46. The van der Waals surface area contributed by atoms with Gasteiger partial charge in [0.2, 0.25) is 18.1 Å². The first-order valence-corrected chi connectivity index (χ1v) is 7.74. The fourth-order valence-corrected chi connectivity index (χ4v) is 1.75. The lowest BCUT2D eigenvalue weighted by Gasteiger charge is -2.22. The van der Waals surface area contributed by atoms with E-state index in [1.54, 1.807) is 13.8 Å². The molecule has 3 atom stereocenters. The molecule has 0 aromatic heterocycles. The Morgan fingerprint density at radius 2 is 1.81 bits per heavy atom. The second-order valence-electron chi connectivity index (χ2n) is 4.82. The third-order valence-electron chi connectivity index (χ3n) is 2.64. The molecular weight excluding hydrogens is 301 g/mol. The van der Waals surface area contributed by atoms with Crippen LogP contribution < -0.4 is 16.4 Å². The minimum Gasteiger partial charge on any atom is -0.481 e. The second-order valence-corrected chi connectivity index (χ2v) is 5.84. The van der Waals surface area contributed by atoms with Crippen molar-refractivity contribution in [3.8, 4) is 0 Å². The van der Waals surface area contributed by atoms with E-state index in [2.05, 4.69) is 10.6 Å². The third kappa shape index (κ3) is 8.34. The first-order valence-electron chi connectivity index (χ1n) is 6.34. The van der Waals surface area contributed by atoms with E-state index >= 15 is 0 Å². The molecular formula is C11H21N3O6P+. The summed E-state index contributed by atoms with van der Waals surface area (Å²) in [7, 11) is -2.51. The summed E-state index contributed by atoms with van der Waals surface area (Å²) in [6.07, 6.45) is -0.702. The molecule has 0 bridgehead atoms. The maximum Gasteiger partial charge on any atom is 0.527 e. The van der Waals surface area contributed by atoms with Crippen LogP contribution in [0.2, 0.25) is 0 Å². The molecule has 0 saturated carbocycles. The summed E-state index contributed by atoms with van der Waals surface area (Å²) in [4.78, 5) is 42.7. The van der Waals surface area contributed by atoms with Gasteiger partial charge in [-0.25, -0.2) is 0 Å². The normalized spacial score (nSPS) is 14.2. The quantitative estimate of drug-likeness (QED) is 0.345. The summed E-state index contributed by atoms with van der Waals surface area (Å²) in [5.74, 6) is -2.57. The first-order chi connectivity index (χ1) is 9.65. The molecule has 0 rings (SSSR count). The number of carbonyl (C=O) groups is 3. The molecule has 0 aliphatic rings. The monoisotopic (exact) mass is 322 g/mol. The van der Waals surface area contributed by atoms with Crippen molar-refractivity contribution < 1.29 is 28.9 Å². The van der Waals surface area contributed by atoms with Crippen molar-refractivity contribution in [1.29, 1.82) is 0 Å². The lowest BCUT2D eigenvalue weighted by Crippen LogP contribution is -2.53. The molecule has 0 aromatic carbocycles. The molecule has 21 heavy (non-hydrogen) atoms. The zero-order valence-corrected chi connectivity index (χ0v) is 12.8. The third-order valence-corrected chi connectivity index (χ3v) is 3.07. The lowest BCUT2D eigenvalue weighted by molar-refractivity contribution is -0.137. The minimum atomic E-state index is -2.51. The van der Waals surface area contributed by atoms with E-state index in [1.165, 1.54) is 0 Å². The Hall–Kier alpha value is -1.57. The van der Waals surface area contributed by atoms with Crippen molar-refractivity contribution in [3.05, 3.63) is 0 Å². The van der Waals surface area contributed by atoms with E-state index in [1.807, 2.05) is 0 Å². The molecule has 120 valence electrons. The van der Waals surface area contributed by atoms with Gasteiger partial charge in [0.05, 0.1) is 6.04 Å². The summed E-state index contributed by atoms with van der Waals surface area (Å²) < 4.78 is 10.5. The second kappa shape index (κ2) is 9.38. The minimum absolute atomic E-state index is 0.0455. The molecule has 0 aliphatic heterocycles. The molecule has 0 radical (unpaired) electrons. The maximum atomic E-state index is 11.8. The number of amides is 2. The SMILES string of the molecule is CC(C)[C@H](NC(=O)[C@@H](N)CCC(=O)O)C(=O)NC[P+](=O)O. The Morgan fingerprint density at radius 1 is 1.24 bits per heavy atom. The predicted octanol–water partition coefficient (Wildman–Crippen LogP) is -0.872. The Labute approximate surface area is 123 Å². The van der Waals surface area contributed by atoms with Crippen LogP contribution in [0, 0.1) is 5.92 Å². The average Bonchev–Trinajstić information content (AvgIpc) is 2.38. The molecule has 0 spiro atoms. The van der Waals surface area contributed by atoms with Crippen LogP contribution in [0.1, 0.15) is 26.7 Å². The summed E-state index contributed by atoms with van der Waals surface area (Å²) in [5.41, 5.74) is 5.54. The van der Waals surface area contributed by atoms with Gasteiger partial charge in [-0.15, -0.1) is 0 Å². The van der Waals surface area contributed by atoms with Crippen molar-refractivity contribution in [2.24, 2.45) is 11.7 Å². The number of carboxylic acid groups (broad SMARTS) is 1. The topological polar surface area (TPSA) is 159 Å². The molecule has 1 unspecified atom stereocenters. The van der Waals surface area contributed by atoms with Gasteiger partial charge in [-0.05, 0) is 16.9 Å². The van der Waals surface area contributed by atoms with Crippen LogP contribution in [0.3, 0.4) is 0 Å². The summed E-state index contributed by atoms with van der Waals surface area (Å²) in [6.45, 7) is 3.37. The number of carbonyl (C=O) groups excluding carboxylic acids is 2. The first kappa shape index (κ1) is 19.4. The van der Waals surface area contributed by atoms with Crippen molar-refractivity contribution in [2.45, 2.75) is 38.8 Å². The number of aliphatic carboxylic acids is 1. The molecule has 6 N–H and O–H groups in total. The van der Waals surface area contributed by atoms with Gasteiger partial charge >= 0.3 is 14.0 Å². The Bertz CT molecular complexity index is 415. The summed E-state index contributed by atoms with van der Waals surface area (Å²) in [5, 5.41) is 13.2. The van der Waals surface area contributed by atoms with Gasteiger partial charge in [0.1, 0.15) is 6.04 Å². The highest BCUT2D eigenvalue weighted by atomic mass is 31.1. The highest BCUT2D eigenvalue weighted by Gasteiger charge is 2.27. The maximum absolute atomic E-state index is 11.8. The molecule has 0 aromatic rings. The average molecular weight is 322 g/mol. The van der Waals surface area contributed by atoms with E-state index in [-0.39, 0.29) is 18.8 Å². The van der Waals surface area contributed by atoms with Crippen molar-refractivity contribution >= 4 is 25.8 Å². The molecule has 9 nitrogen and oxygen atoms in total. The van der Waals surface area contributed by atoms with Gasteiger partial charge in [-0.2, -0.15) is 4.89 Å². The zero-order valence-electron chi connectivity index (χ0n) is 11.9. The van der Waals surface area contributed by atoms with Gasteiger partial charge in [0, 0.05) is 6.42 Å². The van der Waals surface area contributed by atoms with E-state index in [0.717, 1.165) is 0 Å². The van der Waals surface area contributed by atoms with Crippen LogP contribution in [-0.4, -0.2) is 46.2 Å². The Balaban J connectivity index is 4.55. The van der Waals surface area contributed by atoms with Gasteiger partial charge in [-0.3, -0.25) is 14.4 Å². The van der Waals surface area contributed by atoms with Crippen LogP contribution in [0.15, 0.2) is 0 Å². The Morgan fingerprint density at radius 3 is 2.24 bits per heavy atom. The molecule has 0 aliphatic carbocycles. The fraction of sp³-hybridized carbons (Fsp3) is 0.727. The molecule has 0 saturated heterocycles. The number of nitrogens with two attached hydrogens (primary N) is 1. The number of nitrogens with one attached hydrogen (secondary N) is 2. The number of carboxylic acids is 1. The van der Waals surface area contributed by atoms with E-state index in [9.17, 15) is 18.9 Å². The van der Waals surface area contributed by atoms with Gasteiger partial charge < -0.3 is 21.5 Å². The standard InChI is InChI=1S/C11H20N3O6P/c1-6(2)9(11(18)13-5-21(19)20)14-10(17)7(12)3-4-8(15)16/h6-7,9H,3-5,12H2,1-2H3,(H3-,13,14,15,16,17,18,19,20)/p+1/t7-,9-/m0/s1. The zero-order chi connectivity index (χ0) is 16.6. The van der Waals surface area contributed by atoms with Crippen LogP contribution in [0.4, 0.5) is 0 Å². The molecule has 0 heterocycles.